The smallest absolute Gasteiger partial charge is 0.379 e. The molecule has 0 unspecified atom stereocenters. The predicted molar refractivity (Wildman–Crippen MR) is 108 cm³/mol. The van der Waals surface area contributed by atoms with Crippen molar-refractivity contribution in [3.8, 4) is 0 Å². The van der Waals surface area contributed by atoms with E-state index < -0.39 is 25.9 Å². The summed E-state index contributed by atoms with van der Waals surface area (Å²) >= 11 is 0. The zero-order valence-electron chi connectivity index (χ0n) is 17.7. The second-order valence-electron chi connectivity index (χ2n) is 5.92. The van der Waals surface area contributed by atoms with Crippen LogP contribution in [-0.4, -0.2) is 62.6 Å². The third-order valence-corrected chi connectivity index (χ3v) is 7.07. The third-order valence-electron chi connectivity index (χ3n) is 3.92. The lowest BCUT2D eigenvalue weighted by atomic mass is 10.5. The number of rotatable bonds is 16. The van der Waals surface area contributed by atoms with E-state index in [1.54, 1.807) is 0 Å². The first-order chi connectivity index (χ1) is 13.9. The largest absolute Gasteiger partial charge is 0.500 e. The van der Waals surface area contributed by atoms with Gasteiger partial charge in [-0.2, -0.15) is 0 Å². The summed E-state index contributed by atoms with van der Waals surface area (Å²) in [4.78, 5) is 38.8. The molecule has 1 heterocycles. The number of hydrogen-bond acceptors (Lipinski definition) is 8. The van der Waals surface area contributed by atoms with Gasteiger partial charge in [0.05, 0.1) is 13.2 Å². The highest BCUT2D eigenvalue weighted by Gasteiger charge is 2.39. The maximum atomic E-state index is 12.6. The molecule has 1 aromatic heterocycles. The highest BCUT2D eigenvalue weighted by Crippen LogP contribution is 2.18. The van der Waals surface area contributed by atoms with Gasteiger partial charge in [-0.05, 0) is 34.1 Å². The van der Waals surface area contributed by atoms with E-state index in [1.165, 1.54) is 0 Å². The molecule has 0 bridgehead atoms. The summed E-state index contributed by atoms with van der Waals surface area (Å²) in [6, 6.07) is 0.443. The standard InChI is InChI=1S/C17H33N3O8Si/c1-5-24-11-12-25-14-20-16(22)18-15(21)19(17(20)23)10-9-13-29(26-6-2,27-7-3)28-8-4/h5-14H2,1-4H3,(H,18,21,22). The van der Waals surface area contributed by atoms with Crippen molar-refractivity contribution in [2.45, 2.75) is 53.4 Å². The number of aromatic nitrogens is 3. The fourth-order valence-electron chi connectivity index (χ4n) is 2.73. The summed E-state index contributed by atoms with van der Waals surface area (Å²) in [6.45, 7) is 9.70. The molecular formula is C17H33N3O8Si. The van der Waals surface area contributed by atoms with Crippen LogP contribution in [0.3, 0.4) is 0 Å². The van der Waals surface area contributed by atoms with Gasteiger partial charge in [-0.15, -0.1) is 0 Å². The minimum absolute atomic E-state index is 0.0926. The van der Waals surface area contributed by atoms with E-state index in [2.05, 4.69) is 4.98 Å². The molecule has 168 valence electrons. The molecule has 0 aromatic carbocycles. The average molecular weight is 436 g/mol. The summed E-state index contributed by atoms with van der Waals surface area (Å²) in [5, 5.41) is 0. The molecule has 0 spiro atoms. The third kappa shape index (κ3) is 7.99. The molecule has 0 radical (unpaired) electrons. The van der Waals surface area contributed by atoms with Crippen LogP contribution in [0.2, 0.25) is 6.04 Å². The highest BCUT2D eigenvalue weighted by molar-refractivity contribution is 6.60. The Hall–Kier alpha value is -1.57. The quantitative estimate of drug-likeness (QED) is 0.287. The number of hydrogen-bond donors (Lipinski definition) is 1. The number of nitrogens with zero attached hydrogens (tertiary/aromatic N) is 2. The first kappa shape index (κ1) is 25.5. The predicted octanol–water partition coefficient (Wildman–Crippen LogP) is 0.147. The van der Waals surface area contributed by atoms with Crippen molar-refractivity contribution in [1.29, 1.82) is 0 Å². The Balaban J connectivity index is 2.87. The van der Waals surface area contributed by atoms with Crippen LogP contribution in [0.15, 0.2) is 14.4 Å². The van der Waals surface area contributed by atoms with Crippen molar-refractivity contribution in [1.82, 2.24) is 14.1 Å². The Morgan fingerprint density at radius 3 is 1.90 bits per heavy atom. The highest BCUT2D eigenvalue weighted by atomic mass is 28.4. The van der Waals surface area contributed by atoms with Gasteiger partial charge in [0, 0.05) is 39.0 Å². The number of aromatic amines is 1. The molecule has 0 saturated carbocycles. The van der Waals surface area contributed by atoms with Crippen LogP contribution in [0, 0.1) is 0 Å². The van der Waals surface area contributed by atoms with Crippen molar-refractivity contribution in [2.75, 3.05) is 39.6 Å². The number of H-pyrrole nitrogens is 1. The second-order valence-corrected chi connectivity index (χ2v) is 8.65. The molecule has 1 rings (SSSR count). The van der Waals surface area contributed by atoms with Crippen molar-refractivity contribution in [3.63, 3.8) is 0 Å². The maximum absolute atomic E-state index is 12.6. The summed E-state index contributed by atoms with van der Waals surface area (Å²) in [6.07, 6.45) is 0.415. The topological polar surface area (TPSA) is 123 Å². The molecule has 0 aliphatic carbocycles. The first-order valence-electron chi connectivity index (χ1n) is 9.95. The molecule has 0 amide bonds. The van der Waals surface area contributed by atoms with Crippen LogP contribution in [0.5, 0.6) is 0 Å². The zero-order valence-corrected chi connectivity index (χ0v) is 18.7. The van der Waals surface area contributed by atoms with Crippen LogP contribution < -0.4 is 17.1 Å². The lowest BCUT2D eigenvalue weighted by Crippen LogP contribution is -2.50. The van der Waals surface area contributed by atoms with Crippen LogP contribution >= 0.6 is 0 Å². The van der Waals surface area contributed by atoms with E-state index in [0.717, 1.165) is 9.13 Å². The molecule has 1 N–H and O–H groups in total. The van der Waals surface area contributed by atoms with Gasteiger partial charge in [-0.3, -0.25) is 4.98 Å². The molecule has 1 aromatic rings. The summed E-state index contributed by atoms with van der Waals surface area (Å²) in [7, 11) is -2.88. The molecule has 0 fully saturated rings. The fraction of sp³-hybridized carbons (Fsp3) is 0.824. The van der Waals surface area contributed by atoms with Crippen molar-refractivity contribution in [3.05, 3.63) is 31.5 Å². The molecule has 29 heavy (non-hydrogen) atoms. The SMILES string of the molecule is CCOCCOCn1c(=O)[nH]c(=O)n(CCC[Si](OCC)(OCC)OCC)c1=O. The van der Waals surface area contributed by atoms with Gasteiger partial charge in [0.2, 0.25) is 0 Å². The van der Waals surface area contributed by atoms with Gasteiger partial charge in [0.25, 0.3) is 0 Å². The Bertz CT molecular complexity index is 743. The fourth-order valence-corrected chi connectivity index (χ4v) is 5.32. The van der Waals surface area contributed by atoms with Crippen molar-refractivity contribution in [2.24, 2.45) is 0 Å². The van der Waals surface area contributed by atoms with Gasteiger partial charge < -0.3 is 22.8 Å². The summed E-state index contributed by atoms with van der Waals surface area (Å²) in [5.41, 5.74) is -2.30. The lowest BCUT2D eigenvalue weighted by molar-refractivity contribution is 0.0180. The monoisotopic (exact) mass is 435 g/mol. The normalized spacial score (nSPS) is 11.9. The minimum Gasteiger partial charge on any atom is -0.379 e. The van der Waals surface area contributed by atoms with Crippen LogP contribution in [0.25, 0.3) is 0 Å². The van der Waals surface area contributed by atoms with Crippen LogP contribution in [0.4, 0.5) is 0 Å². The van der Waals surface area contributed by atoms with Crippen molar-refractivity contribution >= 4 is 8.80 Å². The number of nitrogens with one attached hydrogen (secondary N) is 1. The molecular weight excluding hydrogens is 402 g/mol. The van der Waals surface area contributed by atoms with Gasteiger partial charge >= 0.3 is 25.9 Å². The Morgan fingerprint density at radius 1 is 0.793 bits per heavy atom. The lowest BCUT2D eigenvalue weighted by Gasteiger charge is -2.28. The Labute approximate surface area is 170 Å². The molecule has 0 atom stereocenters. The minimum atomic E-state index is -2.88. The van der Waals surface area contributed by atoms with Gasteiger partial charge in [-0.25, -0.2) is 23.5 Å². The Kier molecular flexibility index (Phi) is 12.0. The van der Waals surface area contributed by atoms with Gasteiger partial charge in [-0.1, -0.05) is 0 Å². The van der Waals surface area contributed by atoms with E-state index in [0.29, 0.717) is 45.5 Å². The Morgan fingerprint density at radius 2 is 1.34 bits per heavy atom. The molecule has 11 nitrogen and oxygen atoms in total. The molecule has 12 heteroatoms. The van der Waals surface area contributed by atoms with Gasteiger partial charge in [0.1, 0.15) is 6.73 Å². The first-order valence-corrected chi connectivity index (χ1v) is 11.9. The molecule has 0 aliphatic rings. The van der Waals surface area contributed by atoms with E-state index in [9.17, 15) is 14.4 Å². The second kappa shape index (κ2) is 13.6. The van der Waals surface area contributed by atoms with E-state index >= 15 is 0 Å². The van der Waals surface area contributed by atoms with Gasteiger partial charge in [0.15, 0.2) is 0 Å². The molecule has 0 saturated heterocycles. The van der Waals surface area contributed by atoms with E-state index in [4.69, 9.17) is 22.8 Å². The molecule has 0 aliphatic heterocycles. The van der Waals surface area contributed by atoms with E-state index in [-0.39, 0.29) is 19.9 Å². The zero-order chi connectivity index (χ0) is 21.7. The van der Waals surface area contributed by atoms with Crippen LogP contribution in [-0.2, 0) is 36.0 Å². The maximum Gasteiger partial charge on any atom is 0.500 e. The average Bonchev–Trinajstić information content (AvgIpc) is 2.67. The summed E-state index contributed by atoms with van der Waals surface area (Å²) in [5.74, 6) is 0. The van der Waals surface area contributed by atoms with Crippen molar-refractivity contribution < 1.29 is 22.8 Å². The van der Waals surface area contributed by atoms with Crippen LogP contribution in [0.1, 0.15) is 34.1 Å². The summed E-state index contributed by atoms with van der Waals surface area (Å²) < 4.78 is 29.5. The van der Waals surface area contributed by atoms with E-state index in [1.807, 2.05) is 27.7 Å². The number of ether oxygens (including phenoxy) is 2.